The molecule has 19 heavy (non-hydrogen) atoms. The summed E-state index contributed by atoms with van der Waals surface area (Å²) in [6.45, 7) is 2.66. The highest BCUT2D eigenvalue weighted by atomic mass is 127. The van der Waals surface area contributed by atoms with Gasteiger partial charge in [0.1, 0.15) is 0 Å². The van der Waals surface area contributed by atoms with Gasteiger partial charge in [0, 0.05) is 29.1 Å². The fraction of sp³-hybridized carbons (Fsp3) is 0.462. The Bertz CT molecular complexity index is 475. The molecule has 1 aliphatic heterocycles. The normalized spacial score (nSPS) is 14.7. The predicted molar refractivity (Wildman–Crippen MR) is 81.0 cm³/mol. The van der Waals surface area contributed by atoms with Gasteiger partial charge in [-0.1, -0.05) is 0 Å². The molecular weight excluding hydrogens is 359 g/mol. The maximum absolute atomic E-state index is 12.1. The van der Waals surface area contributed by atoms with Crippen molar-refractivity contribution in [1.29, 1.82) is 0 Å². The summed E-state index contributed by atoms with van der Waals surface area (Å²) in [5.41, 5.74) is 0.616. The second-order valence-corrected chi connectivity index (χ2v) is 5.58. The lowest BCUT2D eigenvalue weighted by molar-refractivity contribution is 0.0941. The first kappa shape index (κ1) is 14.4. The van der Waals surface area contributed by atoms with Crippen LogP contribution in [0.3, 0.4) is 0 Å². The number of hydrogen-bond donors (Lipinski definition) is 2. The van der Waals surface area contributed by atoms with Crippen molar-refractivity contribution in [2.75, 3.05) is 33.9 Å². The Morgan fingerprint density at radius 1 is 1.37 bits per heavy atom. The van der Waals surface area contributed by atoms with Crippen LogP contribution < -0.4 is 20.1 Å². The number of rotatable bonds is 5. The van der Waals surface area contributed by atoms with E-state index in [1.54, 1.807) is 26.4 Å². The number of carbonyl (C=O) groups is 1. The Hall–Kier alpha value is -1.02. The molecule has 0 aliphatic carbocycles. The smallest absolute Gasteiger partial charge is 0.252 e. The van der Waals surface area contributed by atoms with E-state index in [1.807, 2.05) is 0 Å². The summed E-state index contributed by atoms with van der Waals surface area (Å²) in [5, 5.41) is 6.13. The SMILES string of the molecule is COc1cc(I)c(C(=O)NCC2CNC2)cc1OC. The quantitative estimate of drug-likeness (QED) is 0.760. The van der Waals surface area contributed by atoms with Crippen LogP contribution in [0.5, 0.6) is 11.5 Å². The van der Waals surface area contributed by atoms with Crippen LogP contribution in [-0.2, 0) is 0 Å². The molecule has 1 fully saturated rings. The summed E-state index contributed by atoms with van der Waals surface area (Å²) >= 11 is 2.13. The highest BCUT2D eigenvalue weighted by Gasteiger charge is 2.19. The number of carbonyl (C=O) groups excluding carboxylic acids is 1. The first-order valence-electron chi connectivity index (χ1n) is 6.06. The van der Waals surface area contributed by atoms with E-state index >= 15 is 0 Å². The Balaban J connectivity index is 2.11. The van der Waals surface area contributed by atoms with Crippen LogP contribution >= 0.6 is 22.6 Å². The second kappa shape index (κ2) is 6.42. The van der Waals surface area contributed by atoms with Gasteiger partial charge in [-0.25, -0.2) is 0 Å². The van der Waals surface area contributed by atoms with E-state index in [-0.39, 0.29) is 5.91 Å². The number of ether oxygens (including phenoxy) is 2. The molecule has 1 aliphatic rings. The number of hydrogen-bond acceptors (Lipinski definition) is 4. The number of halogens is 1. The van der Waals surface area contributed by atoms with E-state index in [2.05, 4.69) is 33.2 Å². The predicted octanol–water partition coefficient (Wildman–Crippen LogP) is 1.26. The van der Waals surface area contributed by atoms with Gasteiger partial charge in [0.2, 0.25) is 0 Å². The second-order valence-electron chi connectivity index (χ2n) is 4.42. The fourth-order valence-electron chi connectivity index (χ4n) is 1.85. The first-order valence-corrected chi connectivity index (χ1v) is 7.14. The summed E-state index contributed by atoms with van der Waals surface area (Å²) in [6, 6.07) is 3.52. The zero-order valence-electron chi connectivity index (χ0n) is 11.0. The van der Waals surface area contributed by atoms with Crippen LogP contribution in [0.15, 0.2) is 12.1 Å². The van der Waals surface area contributed by atoms with Crippen LogP contribution in [0.4, 0.5) is 0 Å². The topological polar surface area (TPSA) is 59.6 Å². The van der Waals surface area contributed by atoms with Crippen LogP contribution in [0.25, 0.3) is 0 Å². The standard InChI is InChI=1S/C13H17IN2O3/c1-18-11-3-9(10(14)4-12(11)19-2)13(17)16-7-8-5-15-6-8/h3-4,8,15H,5-7H2,1-2H3,(H,16,17). The first-order chi connectivity index (χ1) is 9.15. The largest absolute Gasteiger partial charge is 0.493 e. The molecule has 0 aromatic heterocycles. The average molecular weight is 376 g/mol. The van der Waals surface area contributed by atoms with E-state index in [0.29, 0.717) is 29.5 Å². The molecule has 0 saturated carbocycles. The summed E-state index contributed by atoms with van der Waals surface area (Å²) < 4.78 is 11.3. The van der Waals surface area contributed by atoms with Crippen LogP contribution in [0.1, 0.15) is 10.4 Å². The minimum absolute atomic E-state index is 0.0720. The molecule has 1 amide bonds. The Morgan fingerprint density at radius 2 is 2.00 bits per heavy atom. The Labute approximate surface area is 126 Å². The number of benzene rings is 1. The number of amides is 1. The van der Waals surface area contributed by atoms with Crippen molar-refractivity contribution in [2.24, 2.45) is 5.92 Å². The number of nitrogens with one attached hydrogen (secondary N) is 2. The van der Waals surface area contributed by atoms with Crippen LogP contribution in [0, 0.1) is 9.49 Å². The van der Waals surface area contributed by atoms with Gasteiger partial charge in [-0.2, -0.15) is 0 Å². The van der Waals surface area contributed by atoms with Gasteiger partial charge < -0.3 is 20.1 Å². The van der Waals surface area contributed by atoms with Gasteiger partial charge in [0.05, 0.1) is 19.8 Å². The van der Waals surface area contributed by atoms with Gasteiger partial charge in [-0.3, -0.25) is 4.79 Å². The molecule has 1 saturated heterocycles. The molecular formula is C13H17IN2O3. The number of methoxy groups -OCH3 is 2. The lowest BCUT2D eigenvalue weighted by Gasteiger charge is -2.27. The van der Waals surface area contributed by atoms with Crippen molar-refractivity contribution < 1.29 is 14.3 Å². The molecule has 0 radical (unpaired) electrons. The van der Waals surface area contributed by atoms with Crippen LogP contribution in [-0.4, -0.2) is 39.8 Å². The molecule has 1 heterocycles. The minimum atomic E-state index is -0.0720. The van der Waals surface area contributed by atoms with Gasteiger partial charge >= 0.3 is 0 Å². The molecule has 1 aromatic carbocycles. The van der Waals surface area contributed by atoms with Crippen molar-refractivity contribution in [3.63, 3.8) is 0 Å². The molecule has 0 spiro atoms. The zero-order chi connectivity index (χ0) is 13.8. The van der Waals surface area contributed by atoms with Gasteiger partial charge in [0.15, 0.2) is 11.5 Å². The summed E-state index contributed by atoms with van der Waals surface area (Å²) in [7, 11) is 3.14. The molecule has 0 bridgehead atoms. The average Bonchev–Trinajstić information content (AvgIpc) is 2.36. The van der Waals surface area contributed by atoms with Crippen molar-refractivity contribution in [3.05, 3.63) is 21.3 Å². The van der Waals surface area contributed by atoms with Gasteiger partial charge in [-0.15, -0.1) is 0 Å². The Kier molecular flexibility index (Phi) is 4.87. The lowest BCUT2D eigenvalue weighted by atomic mass is 10.0. The third-order valence-electron chi connectivity index (χ3n) is 3.14. The molecule has 5 nitrogen and oxygen atoms in total. The highest BCUT2D eigenvalue weighted by molar-refractivity contribution is 14.1. The van der Waals surface area contributed by atoms with E-state index in [9.17, 15) is 4.79 Å². The van der Waals surface area contributed by atoms with Gasteiger partial charge in [-0.05, 0) is 34.7 Å². The lowest BCUT2D eigenvalue weighted by Crippen LogP contribution is -2.48. The zero-order valence-corrected chi connectivity index (χ0v) is 13.1. The molecule has 0 unspecified atom stereocenters. The van der Waals surface area contributed by atoms with Crippen molar-refractivity contribution in [1.82, 2.24) is 10.6 Å². The van der Waals surface area contributed by atoms with E-state index < -0.39 is 0 Å². The van der Waals surface area contributed by atoms with E-state index in [0.717, 1.165) is 16.7 Å². The minimum Gasteiger partial charge on any atom is -0.493 e. The third kappa shape index (κ3) is 3.30. The monoisotopic (exact) mass is 376 g/mol. The van der Waals surface area contributed by atoms with Gasteiger partial charge in [0.25, 0.3) is 5.91 Å². The molecule has 2 rings (SSSR count). The summed E-state index contributed by atoms with van der Waals surface area (Å²) in [4.78, 5) is 12.1. The van der Waals surface area contributed by atoms with Crippen molar-refractivity contribution in [2.45, 2.75) is 0 Å². The maximum Gasteiger partial charge on any atom is 0.252 e. The van der Waals surface area contributed by atoms with Crippen molar-refractivity contribution in [3.8, 4) is 11.5 Å². The molecule has 0 atom stereocenters. The maximum atomic E-state index is 12.1. The summed E-state index contributed by atoms with van der Waals surface area (Å²) in [5.74, 6) is 1.67. The molecule has 104 valence electrons. The van der Waals surface area contributed by atoms with Crippen molar-refractivity contribution >= 4 is 28.5 Å². The fourth-order valence-corrected chi connectivity index (χ4v) is 2.54. The third-order valence-corrected chi connectivity index (χ3v) is 4.03. The molecule has 6 heteroatoms. The van der Waals surface area contributed by atoms with Crippen LogP contribution in [0.2, 0.25) is 0 Å². The molecule has 1 aromatic rings. The Morgan fingerprint density at radius 3 is 2.53 bits per heavy atom. The van der Waals surface area contributed by atoms with E-state index in [1.165, 1.54) is 0 Å². The highest BCUT2D eigenvalue weighted by Crippen LogP contribution is 2.31. The molecule has 2 N–H and O–H groups in total. The van der Waals surface area contributed by atoms with E-state index in [4.69, 9.17) is 9.47 Å². The summed E-state index contributed by atoms with van der Waals surface area (Å²) in [6.07, 6.45) is 0.